The van der Waals surface area contributed by atoms with Crippen molar-refractivity contribution in [3.05, 3.63) is 17.7 Å². The zero-order valence-corrected chi connectivity index (χ0v) is 14.2. The molecule has 1 atom stereocenters. The van der Waals surface area contributed by atoms with E-state index in [9.17, 15) is 8.42 Å². The molecule has 0 aromatic heterocycles. The molecule has 6 nitrogen and oxygen atoms in total. The number of aryl methyl sites for hydroxylation is 1. The van der Waals surface area contributed by atoms with E-state index in [4.69, 9.17) is 15.2 Å². The highest BCUT2D eigenvalue weighted by atomic mass is 35.5. The number of ether oxygens (including phenoxy) is 2. The summed E-state index contributed by atoms with van der Waals surface area (Å²) in [5, 5.41) is 0. The van der Waals surface area contributed by atoms with Crippen LogP contribution < -0.4 is 19.9 Å². The lowest BCUT2D eigenvalue weighted by Crippen LogP contribution is -2.53. The first-order valence-corrected chi connectivity index (χ1v) is 8.48. The predicted octanol–water partition coefficient (Wildman–Crippen LogP) is 1.55. The van der Waals surface area contributed by atoms with Crippen molar-refractivity contribution < 1.29 is 17.9 Å². The number of fused-ring (bicyclic) bond motifs is 1. The van der Waals surface area contributed by atoms with Gasteiger partial charge in [0.1, 0.15) is 0 Å². The maximum Gasteiger partial charge on any atom is 0.241 e. The van der Waals surface area contributed by atoms with Crippen LogP contribution in [0.5, 0.6) is 11.5 Å². The van der Waals surface area contributed by atoms with Gasteiger partial charge >= 0.3 is 0 Å². The monoisotopic (exact) mass is 348 g/mol. The fourth-order valence-electron chi connectivity index (χ4n) is 2.69. The van der Waals surface area contributed by atoms with Gasteiger partial charge in [-0.2, -0.15) is 0 Å². The summed E-state index contributed by atoms with van der Waals surface area (Å²) in [7, 11) is -3.65. The Morgan fingerprint density at radius 3 is 2.45 bits per heavy atom. The average molecular weight is 349 g/mol. The molecule has 1 fully saturated rings. The van der Waals surface area contributed by atoms with Gasteiger partial charge in [0.05, 0.1) is 4.90 Å². The highest BCUT2D eigenvalue weighted by Gasteiger charge is 2.43. The molecule has 0 amide bonds. The minimum Gasteiger partial charge on any atom is -0.454 e. The minimum absolute atomic E-state index is 0. The summed E-state index contributed by atoms with van der Waals surface area (Å²) in [6.45, 7) is 4.01. The van der Waals surface area contributed by atoms with Gasteiger partial charge in [-0.25, -0.2) is 13.1 Å². The van der Waals surface area contributed by atoms with Crippen molar-refractivity contribution in [1.82, 2.24) is 4.72 Å². The van der Waals surface area contributed by atoms with Crippen LogP contribution in [-0.2, 0) is 10.0 Å². The standard InChI is InChI=1S/C14H20N2O4S.ClH/c1-9-5-11-12(20-8-19-11)6-13(9)21(17,18)16-14(2,7-15)10-3-4-10;/h5-6,10,16H,3-4,7-8,15H2,1-2H3;1H. The van der Waals surface area contributed by atoms with Crippen LogP contribution in [0, 0.1) is 12.8 Å². The van der Waals surface area contributed by atoms with E-state index in [0.29, 0.717) is 23.0 Å². The third-order valence-electron chi connectivity index (χ3n) is 4.23. The predicted molar refractivity (Wildman–Crippen MR) is 85.1 cm³/mol. The van der Waals surface area contributed by atoms with Crippen LogP contribution in [0.25, 0.3) is 0 Å². The van der Waals surface area contributed by atoms with E-state index in [-0.39, 0.29) is 30.6 Å². The Bertz CT molecular complexity index is 676. The molecule has 8 heteroatoms. The van der Waals surface area contributed by atoms with Gasteiger partial charge in [0.15, 0.2) is 11.5 Å². The van der Waals surface area contributed by atoms with E-state index in [1.807, 2.05) is 6.92 Å². The SMILES string of the molecule is Cc1cc2c(cc1S(=O)(=O)NC(C)(CN)C1CC1)OCO2.Cl. The van der Waals surface area contributed by atoms with Gasteiger partial charge < -0.3 is 15.2 Å². The Kier molecular flexibility index (Phi) is 4.64. The molecule has 1 aromatic rings. The first kappa shape index (κ1) is 17.3. The number of nitrogens with one attached hydrogen (secondary N) is 1. The summed E-state index contributed by atoms with van der Waals surface area (Å²) in [5.74, 6) is 1.35. The maximum absolute atomic E-state index is 12.7. The Hall–Kier alpha value is -1.02. The molecule has 3 N–H and O–H groups in total. The second-order valence-electron chi connectivity index (χ2n) is 5.97. The summed E-state index contributed by atoms with van der Waals surface area (Å²) < 4.78 is 38.7. The van der Waals surface area contributed by atoms with Crippen molar-refractivity contribution in [2.75, 3.05) is 13.3 Å². The highest BCUT2D eigenvalue weighted by Crippen LogP contribution is 2.41. The van der Waals surface area contributed by atoms with Gasteiger partial charge in [0, 0.05) is 18.2 Å². The van der Waals surface area contributed by atoms with Crippen LogP contribution in [0.1, 0.15) is 25.3 Å². The van der Waals surface area contributed by atoms with Gasteiger partial charge in [-0.05, 0) is 44.2 Å². The molecule has 0 saturated heterocycles. The number of rotatable bonds is 5. The molecule has 1 aliphatic heterocycles. The Morgan fingerprint density at radius 1 is 1.32 bits per heavy atom. The number of benzene rings is 1. The largest absolute Gasteiger partial charge is 0.454 e. The lowest BCUT2D eigenvalue weighted by atomic mass is 9.98. The third kappa shape index (κ3) is 3.03. The van der Waals surface area contributed by atoms with Crippen molar-refractivity contribution in [2.24, 2.45) is 11.7 Å². The Balaban J connectivity index is 0.00000176. The third-order valence-corrected chi connectivity index (χ3v) is 5.98. The normalized spacial score (nSPS) is 19.4. The van der Waals surface area contributed by atoms with Crippen molar-refractivity contribution in [3.63, 3.8) is 0 Å². The van der Waals surface area contributed by atoms with Crippen LogP contribution >= 0.6 is 12.4 Å². The Morgan fingerprint density at radius 2 is 1.91 bits per heavy atom. The summed E-state index contributed by atoms with van der Waals surface area (Å²) in [6.07, 6.45) is 2.02. The molecule has 22 heavy (non-hydrogen) atoms. The summed E-state index contributed by atoms with van der Waals surface area (Å²) in [4.78, 5) is 0.215. The fourth-order valence-corrected chi connectivity index (χ4v) is 4.41. The fraction of sp³-hybridized carbons (Fsp3) is 0.571. The zero-order valence-electron chi connectivity index (χ0n) is 12.6. The van der Waals surface area contributed by atoms with Crippen LogP contribution in [0.4, 0.5) is 0 Å². The van der Waals surface area contributed by atoms with Crippen molar-refractivity contribution >= 4 is 22.4 Å². The van der Waals surface area contributed by atoms with Crippen LogP contribution in [-0.4, -0.2) is 27.3 Å². The van der Waals surface area contributed by atoms with Crippen LogP contribution in [0.2, 0.25) is 0 Å². The van der Waals surface area contributed by atoms with Gasteiger partial charge in [0.25, 0.3) is 0 Å². The topological polar surface area (TPSA) is 90.7 Å². The minimum atomic E-state index is -3.65. The highest BCUT2D eigenvalue weighted by molar-refractivity contribution is 7.89. The molecule has 0 bridgehead atoms. The van der Waals surface area contributed by atoms with Gasteiger partial charge in [0.2, 0.25) is 16.8 Å². The number of hydrogen-bond acceptors (Lipinski definition) is 5. The number of sulfonamides is 1. The molecule has 0 radical (unpaired) electrons. The molecule has 124 valence electrons. The lowest BCUT2D eigenvalue weighted by Gasteiger charge is -2.29. The van der Waals surface area contributed by atoms with Crippen molar-refractivity contribution in [1.29, 1.82) is 0 Å². The smallest absolute Gasteiger partial charge is 0.241 e. The first-order chi connectivity index (χ1) is 9.86. The second-order valence-corrected chi connectivity index (χ2v) is 7.62. The van der Waals surface area contributed by atoms with E-state index in [1.165, 1.54) is 6.07 Å². The summed E-state index contributed by atoms with van der Waals surface area (Å²) in [6, 6.07) is 3.21. The van der Waals surface area contributed by atoms with E-state index >= 15 is 0 Å². The molecule has 0 spiro atoms. The summed E-state index contributed by atoms with van der Waals surface area (Å²) in [5.41, 5.74) is 5.82. The van der Waals surface area contributed by atoms with Crippen LogP contribution in [0.15, 0.2) is 17.0 Å². The average Bonchev–Trinajstić information content (AvgIpc) is 3.18. The maximum atomic E-state index is 12.7. The van der Waals surface area contributed by atoms with Crippen molar-refractivity contribution in [3.8, 4) is 11.5 Å². The molecular weight excluding hydrogens is 328 g/mol. The molecule has 1 saturated carbocycles. The van der Waals surface area contributed by atoms with E-state index < -0.39 is 15.6 Å². The van der Waals surface area contributed by atoms with Gasteiger partial charge in [-0.15, -0.1) is 12.4 Å². The molecule has 1 aromatic carbocycles. The molecule has 2 aliphatic rings. The molecule has 1 unspecified atom stereocenters. The van der Waals surface area contributed by atoms with Gasteiger partial charge in [-0.1, -0.05) is 0 Å². The Labute approximate surface area is 136 Å². The van der Waals surface area contributed by atoms with Gasteiger partial charge in [-0.3, -0.25) is 0 Å². The molecule has 3 rings (SSSR count). The molecule has 1 aliphatic carbocycles. The first-order valence-electron chi connectivity index (χ1n) is 7.00. The molecular formula is C14H21ClN2O4S. The summed E-state index contributed by atoms with van der Waals surface area (Å²) >= 11 is 0. The zero-order chi connectivity index (χ0) is 15.3. The van der Waals surface area contributed by atoms with E-state index in [1.54, 1.807) is 13.0 Å². The number of nitrogens with two attached hydrogens (primary N) is 1. The second kappa shape index (κ2) is 5.88. The quantitative estimate of drug-likeness (QED) is 0.842. The van der Waals surface area contributed by atoms with Crippen molar-refractivity contribution in [2.45, 2.75) is 37.1 Å². The van der Waals surface area contributed by atoms with E-state index in [0.717, 1.165) is 12.8 Å². The van der Waals surface area contributed by atoms with Crippen LogP contribution in [0.3, 0.4) is 0 Å². The van der Waals surface area contributed by atoms with E-state index in [2.05, 4.69) is 4.72 Å². The molecule has 1 heterocycles. The number of halogens is 1. The lowest BCUT2D eigenvalue weighted by molar-refractivity contribution is 0.174. The number of hydrogen-bond donors (Lipinski definition) is 2.